The van der Waals surface area contributed by atoms with Gasteiger partial charge in [-0.2, -0.15) is 0 Å². The van der Waals surface area contributed by atoms with E-state index in [4.69, 9.17) is 9.84 Å². The van der Waals surface area contributed by atoms with Crippen LogP contribution in [-0.4, -0.2) is 59.8 Å². The first-order valence-corrected chi connectivity index (χ1v) is 6.76. The number of aliphatic hydroxyl groups excluding tert-OH is 3. The lowest BCUT2D eigenvalue weighted by atomic mass is 10.1. The number of nitrogens with one attached hydrogen (secondary N) is 2. The highest BCUT2D eigenvalue weighted by Crippen LogP contribution is 2.33. The third-order valence-electron chi connectivity index (χ3n) is 3.31. The number of imidazole rings is 1. The fourth-order valence-corrected chi connectivity index (χ4v) is 2.87. The molecule has 4 atom stereocenters. The predicted octanol–water partition coefficient (Wildman–Crippen LogP) is -2.21. The minimum Gasteiger partial charge on any atom is -0.394 e. The Morgan fingerprint density at radius 3 is 2.62 bits per heavy atom. The Hall–Kier alpha value is -1.53. The van der Waals surface area contributed by atoms with Crippen molar-refractivity contribution in [3.05, 3.63) is 25.6 Å². The Morgan fingerprint density at radius 1 is 1.29 bits per heavy atom. The molecular weight excluding hydrogens is 352 g/mol. The van der Waals surface area contributed by atoms with Gasteiger partial charge >= 0.3 is 5.69 Å². The molecule has 1 aliphatic rings. The molecule has 0 bridgehead atoms. The molecule has 3 heterocycles. The van der Waals surface area contributed by atoms with Gasteiger partial charge in [0.15, 0.2) is 22.1 Å². The maximum absolute atomic E-state index is 11.7. The van der Waals surface area contributed by atoms with Gasteiger partial charge in [0, 0.05) is 0 Å². The van der Waals surface area contributed by atoms with Crippen LogP contribution in [0.1, 0.15) is 6.23 Å². The number of ether oxygens (including phenoxy) is 1. The molecule has 0 unspecified atom stereocenters. The van der Waals surface area contributed by atoms with E-state index in [1.165, 1.54) is 4.57 Å². The first-order valence-electron chi connectivity index (χ1n) is 5.96. The SMILES string of the molecule is O=c1[nH]c(=O)c2nc(Br)n([C@@H]3O[C@@H](CO)[C@@H](O)[C@H]3O)c2[nH]1. The number of fused-ring (bicyclic) bond motifs is 1. The molecule has 1 fully saturated rings. The maximum atomic E-state index is 11.7. The lowest BCUT2D eigenvalue weighted by Gasteiger charge is -2.17. The smallest absolute Gasteiger partial charge is 0.327 e. The zero-order valence-corrected chi connectivity index (χ0v) is 11.9. The molecule has 0 amide bonds. The van der Waals surface area contributed by atoms with Crippen LogP contribution in [0.5, 0.6) is 0 Å². The van der Waals surface area contributed by atoms with E-state index >= 15 is 0 Å². The molecule has 5 N–H and O–H groups in total. The fraction of sp³-hybridized carbons (Fsp3) is 0.500. The molecule has 3 rings (SSSR count). The lowest BCUT2D eigenvalue weighted by molar-refractivity contribution is -0.0521. The molecule has 2 aromatic heterocycles. The maximum Gasteiger partial charge on any atom is 0.327 e. The predicted molar refractivity (Wildman–Crippen MR) is 71.7 cm³/mol. The van der Waals surface area contributed by atoms with Crippen LogP contribution in [0.4, 0.5) is 0 Å². The second-order valence-corrected chi connectivity index (χ2v) is 5.29. The summed E-state index contributed by atoms with van der Waals surface area (Å²) in [6.07, 6.45) is -4.77. The molecular formula is C10H11BrN4O6. The molecule has 0 saturated carbocycles. The summed E-state index contributed by atoms with van der Waals surface area (Å²) in [6, 6.07) is 0. The summed E-state index contributed by atoms with van der Waals surface area (Å²) in [7, 11) is 0. The van der Waals surface area contributed by atoms with Crippen molar-refractivity contribution in [2.75, 3.05) is 6.61 Å². The summed E-state index contributed by atoms with van der Waals surface area (Å²) < 4.78 is 6.71. The minimum absolute atomic E-state index is 0.0328. The highest BCUT2D eigenvalue weighted by atomic mass is 79.9. The van der Waals surface area contributed by atoms with Crippen LogP contribution in [0.15, 0.2) is 14.3 Å². The van der Waals surface area contributed by atoms with Crippen molar-refractivity contribution in [2.24, 2.45) is 0 Å². The van der Waals surface area contributed by atoms with Gasteiger partial charge in [-0.15, -0.1) is 0 Å². The molecule has 0 spiro atoms. The molecule has 1 aliphatic heterocycles. The highest BCUT2D eigenvalue weighted by Gasteiger charge is 2.44. The molecule has 11 heteroatoms. The normalized spacial score (nSPS) is 29.3. The van der Waals surface area contributed by atoms with Gasteiger partial charge in [-0.25, -0.2) is 9.78 Å². The summed E-state index contributed by atoms with van der Waals surface area (Å²) in [4.78, 5) is 31.4. The lowest BCUT2D eigenvalue weighted by Crippen LogP contribution is -2.33. The van der Waals surface area contributed by atoms with E-state index in [1.807, 2.05) is 4.98 Å². The first-order chi connectivity index (χ1) is 9.93. The van der Waals surface area contributed by atoms with Crippen molar-refractivity contribution in [3.63, 3.8) is 0 Å². The first kappa shape index (κ1) is 14.4. The molecule has 114 valence electrons. The zero-order chi connectivity index (χ0) is 15.3. The fourth-order valence-electron chi connectivity index (χ4n) is 2.31. The van der Waals surface area contributed by atoms with E-state index in [0.717, 1.165) is 0 Å². The highest BCUT2D eigenvalue weighted by molar-refractivity contribution is 9.10. The van der Waals surface area contributed by atoms with Crippen molar-refractivity contribution in [2.45, 2.75) is 24.5 Å². The van der Waals surface area contributed by atoms with Crippen molar-refractivity contribution >= 4 is 27.1 Å². The number of H-pyrrole nitrogens is 2. The molecule has 2 aromatic rings. The Balaban J connectivity index is 2.19. The third kappa shape index (κ3) is 2.13. The van der Waals surface area contributed by atoms with E-state index < -0.39 is 42.4 Å². The van der Waals surface area contributed by atoms with Crippen LogP contribution in [0.25, 0.3) is 11.2 Å². The van der Waals surface area contributed by atoms with Gasteiger partial charge in [0.1, 0.15) is 18.3 Å². The number of aromatic amines is 2. The van der Waals surface area contributed by atoms with E-state index in [-0.39, 0.29) is 15.9 Å². The number of nitrogens with zero attached hydrogens (tertiary/aromatic N) is 2. The van der Waals surface area contributed by atoms with E-state index in [0.29, 0.717) is 0 Å². The van der Waals surface area contributed by atoms with Gasteiger partial charge in [0.05, 0.1) is 6.61 Å². The van der Waals surface area contributed by atoms with Gasteiger partial charge in [-0.05, 0) is 15.9 Å². The monoisotopic (exact) mass is 362 g/mol. The van der Waals surface area contributed by atoms with E-state index in [2.05, 4.69) is 25.9 Å². The van der Waals surface area contributed by atoms with Gasteiger partial charge in [0.25, 0.3) is 5.56 Å². The molecule has 0 radical (unpaired) electrons. The van der Waals surface area contributed by atoms with Crippen LogP contribution in [0.2, 0.25) is 0 Å². The minimum atomic E-state index is -1.36. The van der Waals surface area contributed by atoms with Crippen molar-refractivity contribution in [1.29, 1.82) is 0 Å². The second-order valence-electron chi connectivity index (χ2n) is 4.59. The standard InChI is InChI=1S/C10H11BrN4O6/c11-9-12-3-6(13-10(20)14-7(3)19)15(9)8-5(18)4(17)2(1-16)21-8/h2,4-5,8,16-18H,1H2,(H2,13,14,19,20)/t2-,4+,5+,8+/m0/s1. The number of aromatic nitrogens is 4. The average Bonchev–Trinajstić information content (AvgIpc) is 2.89. The topological polar surface area (TPSA) is 153 Å². The average molecular weight is 363 g/mol. The van der Waals surface area contributed by atoms with Crippen LogP contribution in [0, 0.1) is 0 Å². The van der Waals surface area contributed by atoms with Crippen LogP contribution in [-0.2, 0) is 4.74 Å². The zero-order valence-electron chi connectivity index (χ0n) is 10.4. The summed E-state index contributed by atoms with van der Waals surface area (Å²) >= 11 is 3.11. The van der Waals surface area contributed by atoms with Gasteiger partial charge in [-0.1, -0.05) is 0 Å². The second kappa shape index (κ2) is 5.03. The quantitative estimate of drug-likeness (QED) is 0.379. The largest absolute Gasteiger partial charge is 0.394 e. The summed E-state index contributed by atoms with van der Waals surface area (Å²) in [6.45, 7) is -0.490. The Kier molecular flexibility index (Phi) is 3.45. The van der Waals surface area contributed by atoms with Crippen molar-refractivity contribution in [3.8, 4) is 0 Å². The summed E-state index contributed by atoms with van der Waals surface area (Å²) in [5.74, 6) is 0. The number of aliphatic hydroxyl groups is 3. The molecule has 0 aliphatic carbocycles. The van der Waals surface area contributed by atoms with E-state index in [9.17, 15) is 19.8 Å². The Morgan fingerprint density at radius 2 is 2.00 bits per heavy atom. The number of rotatable bonds is 2. The Bertz CT molecular complexity index is 797. The van der Waals surface area contributed by atoms with Crippen molar-refractivity contribution < 1.29 is 20.1 Å². The van der Waals surface area contributed by atoms with E-state index in [1.54, 1.807) is 0 Å². The number of halogens is 1. The van der Waals surface area contributed by atoms with Gasteiger partial charge in [0.2, 0.25) is 0 Å². The molecule has 21 heavy (non-hydrogen) atoms. The van der Waals surface area contributed by atoms with Gasteiger partial charge in [-0.3, -0.25) is 19.3 Å². The van der Waals surface area contributed by atoms with Crippen LogP contribution >= 0.6 is 15.9 Å². The Labute approximate surface area is 124 Å². The molecule has 10 nitrogen and oxygen atoms in total. The third-order valence-corrected chi connectivity index (χ3v) is 3.87. The molecule has 1 saturated heterocycles. The van der Waals surface area contributed by atoms with Crippen LogP contribution in [0.3, 0.4) is 0 Å². The number of hydrogen-bond acceptors (Lipinski definition) is 7. The summed E-state index contributed by atoms with van der Waals surface area (Å²) in [5, 5.41) is 28.9. The van der Waals surface area contributed by atoms with Gasteiger partial charge < -0.3 is 20.1 Å². The molecule has 0 aromatic carbocycles. The number of hydrogen-bond donors (Lipinski definition) is 5. The summed E-state index contributed by atoms with van der Waals surface area (Å²) in [5.41, 5.74) is -1.46. The van der Waals surface area contributed by atoms with Crippen molar-refractivity contribution in [1.82, 2.24) is 19.5 Å². The van der Waals surface area contributed by atoms with Crippen LogP contribution < -0.4 is 11.2 Å².